The predicted octanol–water partition coefficient (Wildman–Crippen LogP) is 5.49. The molecule has 3 aromatic heterocycles. The molecule has 216 valence electrons. The van der Waals surface area contributed by atoms with Crippen molar-refractivity contribution in [1.82, 2.24) is 24.7 Å². The first-order valence-corrected chi connectivity index (χ1v) is 14.3. The number of carbonyl (C=O) groups excluding carboxylic acids is 2. The largest absolute Gasteiger partial charge is 0.465 e. The summed E-state index contributed by atoms with van der Waals surface area (Å²) < 4.78 is 9.03. The topological polar surface area (TPSA) is 117 Å². The summed E-state index contributed by atoms with van der Waals surface area (Å²) in [5.41, 5.74) is 2.69. The normalized spacial score (nSPS) is 17.3. The fourth-order valence-electron chi connectivity index (χ4n) is 5.98. The van der Waals surface area contributed by atoms with Crippen LogP contribution in [0.4, 0.5) is 4.79 Å². The van der Waals surface area contributed by atoms with Gasteiger partial charge >= 0.3 is 6.09 Å². The molecule has 4 heterocycles. The SMILES string of the molecule is CNC(=O)c1c(C)n(C)c2cc(Oc3ccnc4cc(C(=O)N5CC[C@@H](N(C)C(=O)O)C5C(C)(C)C)sc34)ccc12. The van der Waals surface area contributed by atoms with Crippen molar-refractivity contribution in [3.8, 4) is 11.5 Å². The van der Waals surface area contributed by atoms with Gasteiger partial charge in [0.1, 0.15) is 11.5 Å². The molecule has 1 unspecified atom stereocenters. The molecule has 4 aromatic rings. The number of nitrogens with zero attached hydrogens (tertiary/aromatic N) is 4. The first-order valence-electron chi connectivity index (χ1n) is 13.5. The van der Waals surface area contributed by atoms with E-state index in [1.807, 2.05) is 62.4 Å². The van der Waals surface area contributed by atoms with Crippen LogP contribution in [0.1, 0.15) is 52.9 Å². The van der Waals surface area contributed by atoms with Crippen LogP contribution in [0, 0.1) is 12.3 Å². The van der Waals surface area contributed by atoms with Crippen LogP contribution < -0.4 is 10.1 Å². The Kier molecular flexibility index (Phi) is 7.19. The van der Waals surface area contributed by atoms with Crippen molar-refractivity contribution in [2.75, 3.05) is 20.6 Å². The number of hydrogen-bond donors (Lipinski definition) is 2. The van der Waals surface area contributed by atoms with Crippen molar-refractivity contribution in [1.29, 1.82) is 0 Å². The summed E-state index contributed by atoms with van der Waals surface area (Å²) in [6, 6.07) is 8.61. The van der Waals surface area contributed by atoms with E-state index in [0.29, 0.717) is 40.4 Å². The molecule has 0 bridgehead atoms. The van der Waals surface area contributed by atoms with E-state index >= 15 is 0 Å². The smallest absolute Gasteiger partial charge is 0.407 e. The molecular formula is C30H35N5O5S. The highest BCUT2D eigenvalue weighted by atomic mass is 32.1. The van der Waals surface area contributed by atoms with Crippen molar-refractivity contribution in [3.63, 3.8) is 0 Å². The second kappa shape index (κ2) is 10.4. The van der Waals surface area contributed by atoms with E-state index in [9.17, 15) is 19.5 Å². The van der Waals surface area contributed by atoms with Gasteiger partial charge < -0.3 is 29.5 Å². The zero-order valence-electron chi connectivity index (χ0n) is 24.3. The number of likely N-dealkylation sites (N-methyl/N-ethyl adjacent to an activating group) is 1. The standard InChI is InChI=1S/C30H35N5O5S/c1-16-24(27(36)31-5)18-9-8-17(14-21(18)33(16)6)40-22-10-12-32-19-15-23(41-25(19)22)28(37)35-13-11-20(34(7)29(38)39)26(35)30(2,3)4/h8-10,12,14-15,20,26H,11,13H2,1-7H3,(H,31,36)(H,38,39)/t20-,26?/m1/s1. The Hall–Kier alpha value is -4.12. The van der Waals surface area contributed by atoms with Crippen LogP contribution in [0.2, 0.25) is 0 Å². The van der Waals surface area contributed by atoms with Crippen molar-refractivity contribution in [2.24, 2.45) is 12.5 Å². The number of hydrogen-bond acceptors (Lipinski definition) is 6. The lowest BCUT2D eigenvalue weighted by atomic mass is 9.82. The summed E-state index contributed by atoms with van der Waals surface area (Å²) in [5.74, 6) is 0.902. The second-order valence-electron chi connectivity index (χ2n) is 11.6. The lowest BCUT2D eigenvalue weighted by molar-refractivity contribution is 0.0500. The van der Waals surface area contributed by atoms with Gasteiger partial charge in [0.25, 0.3) is 11.8 Å². The molecule has 0 aliphatic carbocycles. The van der Waals surface area contributed by atoms with Crippen LogP contribution in [0.5, 0.6) is 11.5 Å². The molecule has 5 rings (SSSR count). The Balaban J connectivity index is 1.47. The molecule has 0 spiro atoms. The van der Waals surface area contributed by atoms with Crippen LogP contribution in [0.25, 0.3) is 21.1 Å². The van der Waals surface area contributed by atoms with E-state index < -0.39 is 6.09 Å². The lowest BCUT2D eigenvalue weighted by Crippen LogP contribution is -2.53. The number of thiophene rings is 1. The third-order valence-corrected chi connectivity index (χ3v) is 9.17. The van der Waals surface area contributed by atoms with E-state index in [0.717, 1.165) is 21.3 Å². The van der Waals surface area contributed by atoms with Crippen LogP contribution in [0.15, 0.2) is 36.5 Å². The minimum absolute atomic E-state index is 0.136. The average molecular weight is 578 g/mol. The van der Waals surface area contributed by atoms with Gasteiger partial charge in [0.15, 0.2) is 0 Å². The predicted molar refractivity (Wildman–Crippen MR) is 159 cm³/mol. The number of amides is 3. The summed E-state index contributed by atoms with van der Waals surface area (Å²) >= 11 is 1.32. The molecule has 11 heteroatoms. The Morgan fingerprint density at radius 3 is 2.59 bits per heavy atom. The number of ether oxygens (including phenoxy) is 1. The number of aromatic nitrogens is 2. The molecule has 1 aliphatic rings. The zero-order chi connectivity index (χ0) is 29.8. The summed E-state index contributed by atoms with van der Waals surface area (Å²) in [4.78, 5) is 46.2. The van der Waals surface area contributed by atoms with E-state index in [4.69, 9.17) is 4.74 Å². The number of rotatable bonds is 5. The van der Waals surface area contributed by atoms with E-state index in [1.54, 1.807) is 32.4 Å². The van der Waals surface area contributed by atoms with Crippen LogP contribution in [0.3, 0.4) is 0 Å². The summed E-state index contributed by atoms with van der Waals surface area (Å²) in [5, 5.41) is 13.2. The number of aryl methyl sites for hydroxylation is 1. The molecule has 1 saturated heterocycles. The zero-order valence-corrected chi connectivity index (χ0v) is 25.1. The van der Waals surface area contributed by atoms with Gasteiger partial charge in [-0.05, 0) is 37.0 Å². The Morgan fingerprint density at radius 2 is 1.93 bits per heavy atom. The molecule has 2 N–H and O–H groups in total. The van der Waals surface area contributed by atoms with Gasteiger partial charge in [0.2, 0.25) is 0 Å². The van der Waals surface area contributed by atoms with Crippen molar-refractivity contribution < 1.29 is 24.2 Å². The van der Waals surface area contributed by atoms with Gasteiger partial charge in [0.05, 0.1) is 38.3 Å². The maximum atomic E-state index is 13.8. The van der Waals surface area contributed by atoms with Gasteiger partial charge in [-0.15, -0.1) is 11.3 Å². The van der Waals surface area contributed by atoms with E-state index in [1.165, 1.54) is 16.2 Å². The van der Waals surface area contributed by atoms with E-state index in [2.05, 4.69) is 10.3 Å². The quantitative estimate of drug-likeness (QED) is 0.324. The number of carboxylic acid groups (broad SMARTS) is 1. The van der Waals surface area contributed by atoms with Crippen LogP contribution >= 0.6 is 11.3 Å². The van der Waals surface area contributed by atoms with Gasteiger partial charge in [-0.25, -0.2) is 4.79 Å². The molecule has 0 saturated carbocycles. The molecule has 3 amide bonds. The maximum Gasteiger partial charge on any atom is 0.407 e. The van der Waals surface area contributed by atoms with Gasteiger partial charge in [0, 0.05) is 57.1 Å². The molecule has 0 radical (unpaired) electrons. The van der Waals surface area contributed by atoms with Gasteiger partial charge in [-0.3, -0.25) is 14.6 Å². The highest BCUT2D eigenvalue weighted by Gasteiger charge is 2.47. The number of nitrogens with one attached hydrogen (secondary N) is 1. The fraction of sp³-hybridized carbons (Fsp3) is 0.400. The number of carbonyl (C=O) groups is 3. The van der Waals surface area contributed by atoms with Crippen molar-refractivity contribution >= 4 is 50.4 Å². The summed E-state index contributed by atoms with van der Waals surface area (Å²) in [7, 11) is 5.10. The lowest BCUT2D eigenvalue weighted by Gasteiger charge is -2.40. The molecule has 1 fully saturated rings. The number of benzene rings is 1. The fourth-order valence-corrected chi connectivity index (χ4v) is 7.01. The highest BCUT2D eigenvalue weighted by molar-refractivity contribution is 7.21. The van der Waals surface area contributed by atoms with E-state index in [-0.39, 0.29) is 29.3 Å². The molecular weight excluding hydrogens is 542 g/mol. The highest BCUT2D eigenvalue weighted by Crippen LogP contribution is 2.40. The molecule has 1 aliphatic heterocycles. The van der Waals surface area contributed by atoms with Crippen LogP contribution in [-0.4, -0.2) is 75.1 Å². The minimum atomic E-state index is -1.00. The molecule has 41 heavy (non-hydrogen) atoms. The van der Waals surface area contributed by atoms with Crippen LogP contribution in [-0.2, 0) is 7.05 Å². The van der Waals surface area contributed by atoms with Gasteiger partial charge in [-0.1, -0.05) is 20.8 Å². The van der Waals surface area contributed by atoms with Crippen molar-refractivity contribution in [3.05, 3.63) is 52.7 Å². The third kappa shape index (κ3) is 4.88. The maximum absolute atomic E-state index is 13.8. The molecule has 10 nitrogen and oxygen atoms in total. The molecule has 2 atom stereocenters. The minimum Gasteiger partial charge on any atom is -0.465 e. The average Bonchev–Trinajstić information content (AvgIpc) is 3.63. The molecule has 1 aromatic carbocycles. The summed E-state index contributed by atoms with van der Waals surface area (Å²) in [6.45, 7) is 8.49. The third-order valence-electron chi connectivity index (χ3n) is 8.05. The van der Waals surface area contributed by atoms with Gasteiger partial charge in [-0.2, -0.15) is 0 Å². The first kappa shape index (κ1) is 28.4. The summed E-state index contributed by atoms with van der Waals surface area (Å²) in [6.07, 6.45) is 1.23. The van der Waals surface area contributed by atoms with Crippen molar-refractivity contribution in [2.45, 2.75) is 46.2 Å². The number of likely N-dealkylation sites (tertiary alicyclic amines) is 1. The first-order chi connectivity index (χ1) is 19.3. The number of fused-ring (bicyclic) bond motifs is 2. The Bertz CT molecular complexity index is 1680. The number of pyridine rings is 1. The Morgan fingerprint density at radius 1 is 1.20 bits per heavy atom. The Labute approximate surface area is 242 Å². The monoisotopic (exact) mass is 577 g/mol. The second-order valence-corrected chi connectivity index (χ2v) is 12.6.